The van der Waals surface area contributed by atoms with Gasteiger partial charge in [0.15, 0.2) is 0 Å². The quantitative estimate of drug-likeness (QED) is 0.833. The summed E-state index contributed by atoms with van der Waals surface area (Å²) < 4.78 is 6.71. The molecule has 1 aromatic heterocycles. The second-order valence-electron chi connectivity index (χ2n) is 5.58. The number of hydrogen-bond donors (Lipinski definition) is 1. The van der Waals surface area contributed by atoms with Gasteiger partial charge in [0.2, 0.25) is 0 Å². The molecule has 1 heterocycles. The molecule has 0 aliphatic carbocycles. The highest BCUT2D eigenvalue weighted by Crippen LogP contribution is 2.20. The van der Waals surface area contributed by atoms with Crippen molar-refractivity contribution in [1.82, 2.24) is 9.88 Å². The van der Waals surface area contributed by atoms with E-state index in [-0.39, 0.29) is 5.56 Å². The van der Waals surface area contributed by atoms with E-state index in [1.54, 1.807) is 11.7 Å². The minimum Gasteiger partial charge on any atom is -0.383 e. The summed E-state index contributed by atoms with van der Waals surface area (Å²) in [6.07, 6.45) is 0. The summed E-state index contributed by atoms with van der Waals surface area (Å²) >= 11 is 0. The predicted octanol–water partition coefficient (Wildman–Crippen LogP) is 2.41. The number of nitrogens with one attached hydrogen (secondary N) is 1. The third-order valence-corrected chi connectivity index (χ3v) is 3.98. The molecule has 1 aromatic carbocycles. The molecule has 2 rings (SSSR count). The molecule has 1 N–H and O–H groups in total. The molecule has 0 fully saturated rings. The monoisotopic (exact) mass is 300 g/mol. The van der Waals surface area contributed by atoms with Crippen LogP contribution < -0.4 is 10.9 Å². The largest absolute Gasteiger partial charge is 0.383 e. The number of aromatic nitrogens is 1. The third kappa shape index (κ3) is 3.64. The van der Waals surface area contributed by atoms with Crippen LogP contribution in [0.5, 0.6) is 0 Å². The third-order valence-electron chi connectivity index (χ3n) is 3.98. The van der Waals surface area contributed by atoms with E-state index in [0.717, 1.165) is 23.4 Å². The van der Waals surface area contributed by atoms with Gasteiger partial charge in [0.25, 0.3) is 5.56 Å². The van der Waals surface area contributed by atoms with E-state index in [2.05, 4.69) is 37.4 Å². The van der Waals surface area contributed by atoms with Crippen LogP contribution in [0.15, 0.2) is 35.1 Å². The number of ether oxygens (including phenoxy) is 1. The molecule has 118 valence electrons. The molecular weight excluding hydrogens is 276 g/mol. The Morgan fingerprint density at radius 1 is 1.14 bits per heavy atom. The van der Waals surface area contributed by atoms with Crippen molar-refractivity contribution in [2.24, 2.45) is 7.05 Å². The van der Waals surface area contributed by atoms with Gasteiger partial charge in [-0.05, 0) is 42.7 Å². The topological polar surface area (TPSA) is 43.3 Å². The first-order valence-electron chi connectivity index (χ1n) is 7.50. The number of rotatable bonds is 6. The van der Waals surface area contributed by atoms with Crippen LogP contribution in [0.2, 0.25) is 0 Å². The van der Waals surface area contributed by atoms with E-state index in [1.807, 2.05) is 19.2 Å². The Bertz CT molecular complexity index is 705. The van der Waals surface area contributed by atoms with Crippen LogP contribution in [0.3, 0.4) is 0 Å². The number of aryl methyl sites for hydroxylation is 2. The lowest BCUT2D eigenvalue weighted by Gasteiger charge is -2.12. The zero-order chi connectivity index (χ0) is 16.1. The standard InChI is InChI=1S/C18H24N2O2/c1-13-5-6-15(11-14(13)2)17-8-7-16(18(21)20(17)3)12-19-9-10-22-4/h5-8,11,19H,9-10,12H2,1-4H3. The molecule has 0 bridgehead atoms. The minimum atomic E-state index is 0.0423. The molecule has 2 aromatic rings. The van der Waals surface area contributed by atoms with E-state index in [4.69, 9.17) is 4.74 Å². The Balaban J connectivity index is 2.26. The van der Waals surface area contributed by atoms with Gasteiger partial charge in [-0.25, -0.2) is 0 Å². The van der Waals surface area contributed by atoms with Gasteiger partial charge in [0.05, 0.1) is 12.3 Å². The van der Waals surface area contributed by atoms with E-state index >= 15 is 0 Å². The first-order valence-corrected chi connectivity index (χ1v) is 7.50. The Morgan fingerprint density at radius 2 is 1.91 bits per heavy atom. The van der Waals surface area contributed by atoms with E-state index in [9.17, 15) is 4.79 Å². The van der Waals surface area contributed by atoms with E-state index in [0.29, 0.717) is 13.2 Å². The number of methoxy groups -OCH3 is 1. The van der Waals surface area contributed by atoms with Crippen molar-refractivity contribution in [3.05, 3.63) is 57.4 Å². The summed E-state index contributed by atoms with van der Waals surface area (Å²) in [5, 5.41) is 3.21. The maximum Gasteiger partial charge on any atom is 0.255 e. The van der Waals surface area contributed by atoms with Crippen LogP contribution in [0.4, 0.5) is 0 Å². The molecule has 4 heteroatoms. The average Bonchev–Trinajstić information content (AvgIpc) is 2.51. The smallest absolute Gasteiger partial charge is 0.255 e. The second-order valence-corrected chi connectivity index (χ2v) is 5.58. The maximum absolute atomic E-state index is 12.5. The summed E-state index contributed by atoms with van der Waals surface area (Å²) in [7, 11) is 3.49. The Morgan fingerprint density at radius 3 is 2.59 bits per heavy atom. The fourth-order valence-electron chi connectivity index (χ4n) is 2.41. The van der Waals surface area contributed by atoms with Crippen molar-refractivity contribution in [2.45, 2.75) is 20.4 Å². The predicted molar refractivity (Wildman–Crippen MR) is 90.2 cm³/mol. The second kappa shape index (κ2) is 7.38. The molecule has 0 radical (unpaired) electrons. The number of benzene rings is 1. The summed E-state index contributed by atoms with van der Waals surface area (Å²) in [6, 6.07) is 10.2. The number of pyridine rings is 1. The van der Waals surface area contributed by atoms with Gasteiger partial charge in [-0.15, -0.1) is 0 Å². The molecule has 0 aliphatic heterocycles. The Hall–Kier alpha value is -1.91. The lowest BCUT2D eigenvalue weighted by molar-refractivity contribution is 0.199. The molecule has 0 spiro atoms. The minimum absolute atomic E-state index is 0.0423. The van der Waals surface area contributed by atoms with Gasteiger partial charge < -0.3 is 14.6 Å². The molecule has 22 heavy (non-hydrogen) atoms. The SMILES string of the molecule is COCCNCc1ccc(-c2ccc(C)c(C)c2)n(C)c1=O. The van der Waals surface area contributed by atoms with Crippen LogP contribution in [-0.4, -0.2) is 24.8 Å². The van der Waals surface area contributed by atoms with Crippen molar-refractivity contribution in [3.63, 3.8) is 0 Å². The first kappa shape index (κ1) is 16.5. The zero-order valence-electron chi connectivity index (χ0n) is 13.8. The highest BCUT2D eigenvalue weighted by atomic mass is 16.5. The van der Waals surface area contributed by atoms with Crippen LogP contribution in [0.1, 0.15) is 16.7 Å². The fourth-order valence-corrected chi connectivity index (χ4v) is 2.41. The van der Waals surface area contributed by atoms with Crippen LogP contribution in [-0.2, 0) is 18.3 Å². The molecule has 0 aliphatic rings. The summed E-state index contributed by atoms with van der Waals surface area (Å²) in [5.74, 6) is 0. The number of hydrogen-bond acceptors (Lipinski definition) is 3. The van der Waals surface area contributed by atoms with Crippen LogP contribution in [0, 0.1) is 13.8 Å². The number of nitrogens with zero attached hydrogens (tertiary/aromatic N) is 1. The van der Waals surface area contributed by atoms with E-state index in [1.165, 1.54) is 11.1 Å². The lowest BCUT2D eigenvalue weighted by atomic mass is 10.0. The van der Waals surface area contributed by atoms with E-state index < -0.39 is 0 Å². The average molecular weight is 300 g/mol. The molecule has 0 amide bonds. The summed E-state index contributed by atoms with van der Waals surface area (Å²) in [6.45, 7) is 6.11. The lowest BCUT2D eigenvalue weighted by Crippen LogP contribution is -2.27. The summed E-state index contributed by atoms with van der Waals surface area (Å²) in [4.78, 5) is 12.5. The van der Waals surface area contributed by atoms with Gasteiger partial charge >= 0.3 is 0 Å². The van der Waals surface area contributed by atoms with Crippen molar-refractivity contribution < 1.29 is 4.74 Å². The van der Waals surface area contributed by atoms with Crippen molar-refractivity contribution in [2.75, 3.05) is 20.3 Å². The van der Waals surface area contributed by atoms with Crippen molar-refractivity contribution >= 4 is 0 Å². The molecule has 4 nitrogen and oxygen atoms in total. The molecule has 0 atom stereocenters. The summed E-state index contributed by atoms with van der Waals surface area (Å²) in [5.41, 5.74) is 5.31. The van der Waals surface area contributed by atoms with Crippen molar-refractivity contribution in [1.29, 1.82) is 0 Å². The normalized spacial score (nSPS) is 10.9. The first-order chi connectivity index (χ1) is 10.5. The van der Waals surface area contributed by atoms with Gasteiger partial charge in [0, 0.05) is 32.8 Å². The molecule has 0 unspecified atom stereocenters. The van der Waals surface area contributed by atoms with Gasteiger partial charge in [-0.2, -0.15) is 0 Å². The van der Waals surface area contributed by atoms with Gasteiger partial charge in [-0.3, -0.25) is 4.79 Å². The highest BCUT2D eigenvalue weighted by Gasteiger charge is 2.08. The Labute approximate surface area is 131 Å². The highest BCUT2D eigenvalue weighted by molar-refractivity contribution is 5.61. The van der Waals surface area contributed by atoms with Crippen LogP contribution in [0.25, 0.3) is 11.3 Å². The molecule has 0 saturated heterocycles. The van der Waals surface area contributed by atoms with Gasteiger partial charge in [-0.1, -0.05) is 18.2 Å². The zero-order valence-corrected chi connectivity index (χ0v) is 13.8. The van der Waals surface area contributed by atoms with Crippen molar-refractivity contribution in [3.8, 4) is 11.3 Å². The Kier molecular flexibility index (Phi) is 5.52. The van der Waals surface area contributed by atoms with Crippen LogP contribution >= 0.6 is 0 Å². The van der Waals surface area contributed by atoms with Gasteiger partial charge in [0.1, 0.15) is 0 Å². The molecule has 0 saturated carbocycles. The molecular formula is C18H24N2O2. The fraction of sp³-hybridized carbons (Fsp3) is 0.389. The maximum atomic E-state index is 12.5.